The van der Waals surface area contributed by atoms with Crippen molar-refractivity contribution in [2.24, 2.45) is 14.1 Å². The fourth-order valence-electron chi connectivity index (χ4n) is 4.03. The molecule has 0 aliphatic carbocycles. The molecule has 10 nitrogen and oxygen atoms in total. The van der Waals surface area contributed by atoms with Gasteiger partial charge in [-0.1, -0.05) is 22.9 Å². The second-order valence-corrected chi connectivity index (χ2v) is 9.44. The molecule has 0 N–H and O–H groups in total. The normalized spacial score (nSPS) is 16.2. The molecule has 0 bridgehead atoms. The molecule has 1 atom stereocenters. The molecular weight excluding hydrogens is 468 g/mol. The lowest BCUT2D eigenvalue weighted by Gasteiger charge is -2.23. The van der Waals surface area contributed by atoms with E-state index in [2.05, 4.69) is 9.97 Å². The van der Waals surface area contributed by atoms with Gasteiger partial charge in [0.25, 0.3) is 5.56 Å². The first-order valence-electron chi connectivity index (χ1n) is 10.4. The highest BCUT2D eigenvalue weighted by atomic mass is 35.5. The summed E-state index contributed by atoms with van der Waals surface area (Å²) < 4.78 is 10.4. The Morgan fingerprint density at radius 3 is 2.88 bits per heavy atom. The molecular formula is C21H21ClN6O4S. The Morgan fingerprint density at radius 2 is 2.12 bits per heavy atom. The number of nitrogens with zero attached hydrogens (tertiary/aromatic N) is 6. The highest BCUT2D eigenvalue weighted by Gasteiger charge is 2.27. The number of fused-ring (bicyclic) bond motifs is 2. The number of aryl methyl sites for hydroxylation is 1. The van der Waals surface area contributed by atoms with E-state index in [0.29, 0.717) is 23.3 Å². The van der Waals surface area contributed by atoms with Gasteiger partial charge in [-0.15, -0.1) is 0 Å². The minimum absolute atomic E-state index is 0.0854. The molecule has 4 aromatic rings. The van der Waals surface area contributed by atoms with Crippen LogP contribution in [0.1, 0.15) is 12.8 Å². The molecule has 5 rings (SSSR count). The number of carbonyl (C=O) groups excluding carboxylic acids is 1. The van der Waals surface area contributed by atoms with Crippen LogP contribution < -0.4 is 16.1 Å². The summed E-state index contributed by atoms with van der Waals surface area (Å²) in [7, 11) is 2.94. The number of hydrogen-bond acceptors (Lipinski definition) is 7. The number of rotatable bonds is 5. The van der Waals surface area contributed by atoms with E-state index in [4.69, 9.17) is 16.3 Å². The third-order valence-electron chi connectivity index (χ3n) is 5.80. The third-order valence-corrected chi connectivity index (χ3v) is 7.08. The van der Waals surface area contributed by atoms with Gasteiger partial charge in [0.1, 0.15) is 6.54 Å². The number of aromatic nitrogens is 5. The number of hydrogen-bond donors (Lipinski definition) is 0. The van der Waals surface area contributed by atoms with Crippen molar-refractivity contribution in [3.8, 4) is 0 Å². The van der Waals surface area contributed by atoms with Crippen molar-refractivity contribution >= 4 is 55.4 Å². The SMILES string of the molecule is Cn1c(=O)c2c(ncn2CC(=O)N(CC2CCCO2)c2nc3ccc(Cl)cc3s2)n(C)c1=O. The third kappa shape index (κ3) is 3.85. The van der Waals surface area contributed by atoms with Crippen molar-refractivity contribution in [3.05, 3.63) is 50.4 Å². The summed E-state index contributed by atoms with van der Waals surface area (Å²) in [5.41, 5.74) is 0.203. The first kappa shape index (κ1) is 21.8. The van der Waals surface area contributed by atoms with E-state index in [-0.39, 0.29) is 29.7 Å². The largest absolute Gasteiger partial charge is 0.376 e. The van der Waals surface area contributed by atoms with Gasteiger partial charge < -0.3 is 9.30 Å². The molecule has 4 heterocycles. The molecule has 1 fully saturated rings. The van der Waals surface area contributed by atoms with E-state index in [9.17, 15) is 14.4 Å². The second kappa shape index (κ2) is 8.40. The molecule has 1 amide bonds. The summed E-state index contributed by atoms with van der Waals surface area (Å²) in [6.07, 6.45) is 3.12. The van der Waals surface area contributed by atoms with Crippen molar-refractivity contribution < 1.29 is 9.53 Å². The van der Waals surface area contributed by atoms with Crippen LogP contribution in [0.25, 0.3) is 21.4 Å². The number of imidazole rings is 1. The summed E-state index contributed by atoms with van der Waals surface area (Å²) in [6.45, 7) is 0.890. The van der Waals surface area contributed by atoms with Gasteiger partial charge >= 0.3 is 5.69 Å². The number of carbonyl (C=O) groups is 1. The van der Waals surface area contributed by atoms with Gasteiger partial charge in [0.15, 0.2) is 16.3 Å². The Morgan fingerprint density at radius 1 is 1.30 bits per heavy atom. The molecule has 0 saturated carbocycles. The Bertz CT molecular complexity index is 1500. The quantitative estimate of drug-likeness (QED) is 0.425. The molecule has 1 aromatic carbocycles. The molecule has 1 aliphatic heterocycles. The van der Waals surface area contributed by atoms with Gasteiger partial charge in [0, 0.05) is 25.7 Å². The smallest absolute Gasteiger partial charge is 0.332 e. The first-order chi connectivity index (χ1) is 15.8. The zero-order valence-corrected chi connectivity index (χ0v) is 19.6. The lowest BCUT2D eigenvalue weighted by atomic mass is 10.2. The zero-order chi connectivity index (χ0) is 23.3. The van der Waals surface area contributed by atoms with Crippen molar-refractivity contribution in [2.75, 3.05) is 18.1 Å². The maximum atomic E-state index is 13.5. The van der Waals surface area contributed by atoms with Crippen molar-refractivity contribution in [1.29, 1.82) is 0 Å². The Labute approximate surface area is 196 Å². The number of halogens is 1. The summed E-state index contributed by atoms with van der Waals surface area (Å²) in [5, 5.41) is 1.14. The minimum atomic E-state index is -0.501. The molecule has 3 aromatic heterocycles. The number of amides is 1. The van der Waals surface area contributed by atoms with Crippen LogP contribution in [0.4, 0.5) is 5.13 Å². The van der Waals surface area contributed by atoms with E-state index in [0.717, 1.165) is 27.6 Å². The van der Waals surface area contributed by atoms with Crippen molar-refractivity contribution in [2.45, 2.75) is 25.5 Å². The molecule has 172 valence electrons. The van der Waals surface area contributed by atoms with Crippen LogP contribution in [-0.2, 0) is 30.2 Å². The van der Waals surface area contributed by atoms with Crippen LogP contribution in [-0.4, -0.2) is 48.8 Å². The molecule has 1 unspecified atom stereocenters. The summed E-state index contributed by atoms with van der Waals surface area (Å²) in [4.78, 5) is 48.9. The number of ether oxygens (including phenoxy) is 1. The monoisotopic (exact) mass is 488 g/mol. The maximum Gasteiger partial charge on any atom is 0.332 e. The van der Waals surface area contributed by atoms with Crippen LogP contribution in [0.2, 0.25) is 5.02 Å². The number of benzene rings is 1. The van der Waals surface area contributed by atoms with E-state index >= 15 is 0 Å². The van der Waals surface area contributed by atoms with E-state index in [1.54, 1.807) is 18.0 Å². The Balaban J connectivity index is 1.53. The van der Waals surface area contributed by atoms with Gasteiger partial charge in [-0.05, 0) is 31.0 Å². The highest BCUT2D eigenvalue weighted by molar-refractivity contribution is 7.22. The summed E-state index contributed by atoms with van der Waals surface area (Å²) in [5.74, 6) is -0.258. The van der Waals surface area contributed by atoms with Gasteiger partial charge in [-0.25, -0.2) is 14.8 Å². The average molecular weight is 489 g/mol. The van der Waals surface area contributed by atoms with Crippen LogP contribution in [0.15, 0.2) is 34.1 Å². The van der Waals surface area contributed by atoms with Crippen LogP contribution in [0, 0.1) is 0 Å². The minimum Gasteiger partial charge on any atom is -0.376 e. The fraction of sp³-hybridized carbons (Fsp3) is 0.381. The van der Waals surface area contributed by atoms with E-state index in [1.165, 1.54) is 33.8 Å². The fourth-order valence-corrected chi connectivity index (χ4v) is 5.30. The highest BCUT2D eigenvalue weighted by Crippen LogP contribution is 2.32. The Hall–Kier alpha value is -3.02. The second-order valence-electron chi connectivity index (χ2n) is 8.00. The van der Waals surface area contributed by atoms with E-state index < -0.39 is 11.2 Å². The van der Waals surface area contributed by atoms with Crippen LogP contribution >= 0.6 is 22.9 Å². The molecule has 12 heteroatoms. The van der Waals surface area contributed by atoms with Gasteiger partial charge in [0.05, 0.1) is 29.2 Å². The zero-order valence-electron chi connectivity index (χ0n) is 18.0. The standard InChI is InChI=1S/C21H21ClN6O4S/c1-25-18-17(19(30)26(2)21(25)31)27(11-23-18)10-16(29)28(9-13-4-3-7-32-13)20-24-14-6-5-12(22)8-15(14)33-20/h5-6,8,11,13H,3-4,7,9-10H2,1-2H3. The molecule has 1 saturated heterocycles. The average Bonchev–Trinajstić information content (AvgIpc) is 3.54. The van der Waals surface area contributed by atoms with Crippen LogP contribution in [0.5, 0.6) is 0 Å². The lowest BCUT2D eigenvalue weighted by molar-refractivity contribution is -0.119. The van der Waals surface area contributed by atoms with Gasteiger partial charge in [-0.2, -0.15) is 0 Å². The van der Waals surface area contributed by atoms with Crippen LogP contribution in [0.3, 0.4) is 0 Å². The first-order valence-corrected chi connectivity index (χ1v) is 11.6. The number of thiazole rings is 1. The summed E-state index contributed by atoms with van der Waals surface area (Å²) in [6, 6.07) is 5.40. The molecule has 0 radical (unpaired) electrons. The topological polar surface area (TPSA) is 104 Å². The Kier molecular flexibility index (Phi) is 5.55. The maximum absolute atomic E-state index is 13.5. The van der Waals surface area contributed by atoms with Crippen molar-refractivity contribution in [1.82, 2.24) is 23.7 Å². The van der Waals surface area contributed by atoms with Gasteiger partial charge in [0.2, 0.25) is 5.91 Å². The molecule has 1 aliphatic rings. The molecule has 33 heavy (non-hydrogen) atoms. The lowest BCUT2D eigenvalue weighted by Crippen LogP contribution is -2.40. The van der Waals surface area contributed by atoms with E-state index in [1.807, 2.05) is 12.1 Å². The number of anilines is 1. The molecule has 0 spiro atoms. The van der Waals surface area contributed by atoms with Crippen molar-refractivity contribution in [3.63, 3.8) is 0 Å². The predicted octanol–water partition coefficient (Wildman–Crippen LogP) is 1.91. The predicted molar refractivity (Wildman–Crippen MR) is 126 cm³/mol. The van der Waals surface area contributed by atoms with Gasteiger partial charge in [-0.3, -0.25) is 23.6 Å². The summed E-state index contributed by atoms with van der Waals surface area (Å²) >= 11 is 7.50.